The average Bonchev–Trinajstić information content (AvgIpc) is 2.97. The summed E-state index contributed by atoms with van der Waals surface area (Å²) in [5.41, 5.74) is 0. The van der Waals surface area contributed by atoms with Crippen LogP contribution < -0.4 is 0 Å². The van der Waals surface area contributed by atoms with E-state index in [-0.39, 0.29) is 0 Å². The van der Waals surface area contributed by atoms with Gasteiger partial charge < -0.3 is 14.7 Å². The molecule has 60 heavy (non-hydrogen) atoms. The molecule has 0 rings (SSSR count). The van der Waals surface area contributed by atoms with Crippen molar-refractivity contribution < 1.29 is 164 Å². The topological polar surface area (TPSA) is 57.5 Å². The summed E-state index contributed by atoms with van der Waals surface area (Å²) in [6.45, 7) is -3.01. The number of rotatable bonds is 20. The molecule has 1 atom stereocenters. The summed E-state index contributed by atoms with van der Waals surface area (Å²) in [5.74, 6) is -146. The van der Waals surface area contributed by atoms with E-state index in [1.807, 2.05) is 0 Å². The highest BCUT2D eigenvalue weighted by Gasteiger charge is 3.01. The molecular weight excluding hydrogens is 965 g/mol. The summed E-state index contributed by atoms with van der Waals surface area (Å²) in [6.07, 6.45) is -15.3. The molecule has 360 valence electrons. The lowest BCUT2D eigenvalue weighted by Crippen LogP contribution is -2.80. The van der Waals surface area contributed by atoms with Crippen LogP contribution in [0.15, 0.2) is 0 Å². The van der Waals surface area contributed by atoms with Gasteiger partial charge in [-0.25, -0.2) is 4.79 Å². The zero-order chi connectivity index (χ0) is 49.8. The van der Waals surface area contributed by atoms with E-state index in [4.69, 9.17) is 5.11 Å². The molecule has 0 aromatic carbocycles. The van der Waals surface area contributed by atoms with Crippen LogP contribution in [0.2, 0.25) is 0 Å². The van der Waals surface area contributed by atoms with Crippen molar-refractivity contribution in [1.29, 1.82) is 0 Å². The van der Waals surface area contributed by atoms with Gasteiger partial charge in [-0.3, -0.25) is 0 Å². The maximum Gasteiger partial charge on any atom is 0.460 e. The number of aliphatic hydroxyl groups is 1. The molecule has 1 unspecified atom stereocenters. The normalized spacial score (nSPS) is 17.3. The minimum absolute atomic E-state index is 0.578. The molecule has 0 aromatic rings. The van der Waals surface area contributed by atoms with Crippen LogP contribution in [0.3, 0.4) is 0 Å². The average molecular weight is 980 g/mol. The number of aliphatic hydroxyl groups excluding tert-OH is 1. The van der Waals surface area contributed by atoms with E-state index < -0.39 is 131 Å². The van der Waals surface area contributed by atoms with Crippen molar-refractivity contribution in [1.82, 2.24) is 0 Å². The van der Waals surface area contributed by atoms with Crippen molar-refractivity contribution >= 4 is 5.97 Å². The van der Waals surface area contributed by atoms with Gasteiger partial charge in [0.15, 0.2) is 6.54 Å². The van der Waals surface area contributed by atoms with Crippen LogP contribution in [-0.2, 0) is 4.79 Å². The molecule has 0 spiro atoms. The fourth-order valence-corrected chi connectivity index (χ4v) is 4.26. The lowest BCUT2D eigenvalue weighted by Gasteiger charge is -2.47. The number of hydrogen-bond donors (Lipinski definition) is 2. The predicted molar refractivity (Wildman–Crippen MR) is 120 cm³/mol. The first-order chi connectivity index (χ1) is 25.3. The Labute approximate surface area is 306 Å². The Morgan fingerprint density at radius 1 is 0.383 bits per heavy atom. The van der Waals surface area contributed by atoms with Crippen LogP contribution in [0, 0.1) is 0 Å². The molecule has 0 bridgehead atoms. The quantitative estimate of drug-likeness (QED) is 0.0945. The van der Waals surface area contributed by atoms with E-state index in [1.54, 1.807) is 0 Å². The lowest BCUT2D eigenvalue weighted by atomic mass is 9.82. The van der Waals surface area contributed by atoms with Gasteiger partial charge in [0.1, 0.15) is 12.6 Å². The molecule has 0 aromatic heterocycles. The van der Waals surface area contributed by atoms with Crippen molar-refractivity contribution in [2.75, 3.05) is 27.2 Å². The van der Waals surface area contributed by atoms with E-state index in [2.05, 4.69) is 0 Å². The first-order valence-corrected chi connectivity index (χ1v) is 13.7. The van der Waals surface area contributed by atoms with Gasteiger partial charge in [-0.2, -0.15) is 145 Å². The maximum absolute atomic E-state index is 14.1. The van der Waals surface area contributed by atoms with Gasteiger partial charge >= 0.3 is 101 Å². The molecule has 2 N–H and O–H groups in total. The number of halogens is 33. The summed E-state index contributed by atoms with van der Waals surface area (Å²) >= 11 is 0. The number of nitrogens with zero attached hydrogens (tertiary/aromatic N) is 1. The first-order valence-electron chi connectivity index (χ1n) is 13.7. The minimum Gasteiger partial charge on any atom is -0.477 e. The molecule has 0 aliphatic heterocycles. The Bertz CT molecular complexity index is 1560. The van der Waals surface area contributed by atoms with Gasteiger partial charge in [-0.1, -0.05) is 0 Å². The molecule has 37 heteroatoms. The number of carboxylic acids is 1. The van der Waals surface area contributed by atoms with Crippen molar-refractivity contribution in [2.45, 2.75) is 108 Å². The fourth-order valence-electron chi connectivity index (χ4n) is 4.26. The number of alkyl halides is 33. The summed E-state index contributed by atoms with van der Waals surface area (Å²) in [5, 5.41) is 18.1. The molecule has 0 radical (unpaired) electrons. The van der Waals surface area contributed by atoms with Crippen molar-refractivity contribution in [3.05, 3.63) is 0 Å². The third-order valence-electron chi connectivity index (χ3n) is 7.70. The van der Waals surface area contributed by atoms with E-state index in [0.717, 1.165) is 0 Å². The van der Waals surface area contributed by atoms with E-state index in [1.165, 1.54) is 0 Å². The second-order valence-electron chi connectivity index (χ2n) is 12.8. The number of hydrogen-bond acceptors (Lipinski definition) is 2. The van der Waals surface area contributed by atoms with Crippen LogP contribution in [-0.4, -0.2) is 149 Å². The summed E-state index contributed by atoms with van der Waals surface area (Å²) < 4.78 is 450. The largest absolute Gasteiger partial charge is 0.477 e. The molecule has 0 heterocycles. The SMILES string of the molecule is C[N+](C)(CC(=O)O)CC(O)CC(F)(F)C(F)(F)C(F)(F)C(F)(F)C(F)(F)C(F)(F)C(F)(F)C(F)(F)C(F)(F)C(F)(F)C(F)(F)C(F)(F)C(F)(F)C(F)(F)C(F)(F)C(F)(F)F. The monoisotopic (exact) mass is 980 g/mol. The Hall–Kier alpha value is -2.92. The lowest BCUT2D eigenvalue weighted by molar-refractivity contribution is -0.886. The Kier molecular flexibility index (Phi) is 13.9. The highest BCUT2D eigenvalue weighted by atomic mass is 19.4. The van der Waals surface area contributed by atoms with Gasteiger partial charge in [0.05, 0.1) is 14.1 Å². The molecule has 0 aliphatic carbocycles. The van der Waals surface area contributed by atoms with Crippen LogP contribution in [0.5, 0.6) is 0 Å². The van der Waals surface area contributed by atoms with Crippen LogP contribution in [0.4, 0.5) is 145 Å². The second-order valence-corrected chi connectivity index (χ2v) is 12.8. The molecule has 0 fully saturated rings. The van der Waals surface area contributed by atoms with E-state index >= 15 is 0 Å². The standard InChI is InChI=1S/C23H14F33NO3/c1-57(2,5-7(59)60)4-6(58)3-8(24,25)9(26,27)10(28,29)11(30,31)12(32,33)13(34,35)14(36,37)15(38,39)16(40,41)17(42,43)18(44,45)19(46,47)20(48,49)21(50,51)22(52,53)23(54,55)56/h6,58H,3-5H2,1-2H3/p+1. The molecule has 0 saturated carbocycles. The highest BCUT2D eigenvalue weighted by Crippen LogP contribution is 2.70. The third kappa shape index (κ3) is 7.45. The van der Waals surface area contributed by atoms with Crippen molar-refractivity contribution in [2.24, 2.45) is 0 Å². The first kappa shape index (κ1) is 57.1. The number of aliphatic carboxylic acids is 1. The highest BCUT2D eigenvalue weighted by molar-refractivity contribution is 5.67. The maximum atomic E-state index is 14.1. The van der Waals surface area contributed by atoms with E-state index in [0.29, 0.717) is 14.1 Å². The summed E-state index contributed by atoms with van der Waals surface area (Å²) in [7, 11) is 1.16. The fraction of sp³-hybridized carbons (Fsp3) is 0.957. The van der Waals surface area contributed by atoms with Gasteiger partial charge in [0, 0.05) is 6.42 Å². The van der Waals surface area contributed by atoms with Crippen molar-refractivity contribution in [3.8, 4) is 0 Å². The summed E-state index contributed by atoms with van der Waals surface area (Å²) in [4.78, 5) is 10.7. The Morgan fingerprint density at radius 2 is 0.567 bits per heavy atom. The molecule has 0 amide bonds. The van der Waals surface area contributed by atoms with E-state index in [9.17, 15) is 155 Å². The van der Waals surface area contributed by atoms with Gasteiger partial charge in [0.25, 0.3) is 0 Å². The molecule has 0 aliphatic rings. The van der Waals surface area contributed by atoms with Gasteiger partial charge in [0.2, 0.25) is 0 Å². The minimum atomic E-state index is -10.3. The smallest absolute Gasteiger partial charge is 0.460 e. The molecular formula is C23H15F33NO3+. The zero-order valence-electron chi connectivity index (χ0n) is 27.4. The van der Waals surface area contributed by atoms with Crippen LogP contribution in [0.25, 0.3) is 0 Å². The van der Waals surface area contributed by atoms with Crippen molar-refractivity contribution in [3.63, 3.8) is 0 Å². The third-order valence-corrected chi connectivity index (χ3v) is 7.70. The number of quaternary nitrogens is 1. The number of likely N-dealkylation sites (N-methyl/N-ethyl adjacent to an activating group) is 1. The number of carbonyl (C=O) groups is 1. The Morgan fingerprint density at radius 3 is 0.750 bits per heavy atom. The Balaban J connectivity index is 7.58. The van der Waals surface area contributed by atoms with Gasteiger partial charge in [-0.05, 0) is 0 Å². The number of carboxylic acid groups (broad SMARTS) is 1. The zero-order valence-corrected chi connectivity index (χ0v) is 27.4. The predicted octanol–water partition coefficient (Wildman–Crippen LogP) is 9.99. The summed E-state index contributed by atoms with van der Waals surface area (Å²) in [6, 6.07) is 0. The van der Waals surface area contributed by atoms with Crippen LogP contribution in [0.1, 0.15) is 6.42 Å². The molecule has 0 saturated heterocycles. The van der Waals surface area contributed by atoms with Crippen LogP contribution >= 0.6 is 0 Å². The van der Waals surface area contributed by atoms with Gasteiger partial charge in [-0.15, -0.1) is 0 Å². The second kappa shape index (κ2) is 14.6. The molecule has 4 nitrogen and oxygen atoms in total.